The van der Waals surface area contributed by atoms with Crippen LogP contribution in [0.2, 0.25) is 0 Å². The zero-order chi connectivity index (χ0) is 20.0. The Bertz CT molecular complexity index is 1270. The highest BCUT2D eigenvalue weighted by atomic mass is 16.3. The van der Waals surface area contributed by atoms with E-state index in [2.05, 4.69) is 47.9 Å². The van der Waals surface area contributed by atoms with Crippen LogP contribution in [-0.2, 0) is 7.05 Å². The molecule has 2 heterocycles. The van der Waals surface area contributed by atoms with Gasteiger partial charge in [0, 0.05) is 22.9 Å². The second-order valence-electron chi connectivity index (χ2n) is 8.32. The normalized spacial score (nSPS) is 15.1. The quantitative estimate of drug-likeness (QED) is 0.382. The number of nitriles is 1. The van der Waals surface area contributed by atoms with E-state index in [0.717, 1.165) is 33.2 Å². The third-order valence-electron chi connectivity index (χ3n) is 6.48. The Morgan fingerprint density at radius 1 is 1.03 bits per heavy atom. The second kappa shape index (κ2) is 7.04. The molecule has 2 aromatic heterocycles. The van der Waals surface area contributed by atoms with Crippen LogP contribution in [0.3, 0.4) is 0 Å². The van der Waals surface area contributed by atoms with Gasteiger partial charge in [-0.3, -0.25) is 0 Å². The molecule has 3 heteroatoms. The summed E-state index contributed by atoms with van der Waals surface area (Å²) < 4.78 is 8.30. The minimum Gasteiger partial charge on any atom is -0.455 e. The van der Waals surface area contributed by atoms with E-state index in [-0.39, 0.29) is 0 Å². The van der Waals surface area contributed by atoms with Crippen LogP contribution in [-0.4, -0.2) is 0 Å². The molecule has 0 spiro atoms. The molecule has 0 atom stereocenters. The molecular weight excluding hydrogens is 356 g/mol. The predicted octanol–water partition coefficient (Wildman–Crippen LogP) is 6.31. The van der Waals surface area contributed by atoms with Crippen molar-refractivity contribution in [2.75, 3.05) is 0 Å². The molecule has 1 saturated carbocycles. The van der Waals surface area contributed by atoms with Gasteiger partial charge in [-0.2, -0.15) is 5.26 Å². The molecule has 4 aromatic rings. The van der Waals surface area contributed by atoms with Crippen molar-refractivity contribution in [2.24, 2.45) is 7.05 Å². The number of benzene rings is 2. The average molecular weight is 381 g/mol. The highest BCUT2D eigenvalue weighted by Gasteiger charge is 2.23. The maximum atomic E-state index is 10.1. The van der Waals surface area contributed by atoms with E-state index in [0.29, 0.717) is 17.1 Å². The number of pyridine rings is 1. The van der Waals surface area contributed by atoms with Crippen LogP contribution in [0.15, 0.2) is 53.1 Å². The van der Waals surface area contributed by atoms with E-state index >= 15 is 0 Å². The topological polar surface area (TPSA) is 40.8 Å². The summed E-state index contributed by atoms with van der Waals surface area (Å²) in [7, 11) is 2.01. The minimum atomic E-state index is 0.622. The summed E-state index contributed by atoms with van der Waals surface area (Å²) in [4.78, 5) is 0. The van der Waals surface area contributed by atoms with Crippen molar-refractivity contribution in [3.8, 4) is 17.3 Å². The Labute approximate surface area is 171 Å². The highest BCUT2D eigenvalue weighted by Crippen LogP contribution is 2.40. The van der Waals surface area contributed by atoms with Gasteiger partial charge < -0.3 is 4.42 Å². The second-order valence-corrected chi connectivity index (χ2v) is 8.32. The number of nitrogens with zero attached hydrogens (tertiary/aromatic N) is 2. The maximum Gasteiger partial charge on any atom is 0.214 e. The zero-order valence-electron chi connectivity index (χ0n) is 17.0. The first-order valence-electron chi connectivity index (χ1n) is 10.5. The molecular formula is C26H25N2O+. The largest absolute Gasteiger partial charge is 0.455 e. The van der Waals surface area contributed by atoms with Crippen molar-refractivity contribution in [3.63, 3.8) is 0 Å². The Morgan fingerprint density at radius 3 is 2.62 bits per heavy atom. The molecule has 0 saturated heterocycles. The smallest absolute Gasteiger partial charge is 0.214 e. The van der Waals surface area contributed by atoms with Crippen LogP contribution in [0.25, 0.3) is 33.2 Å². The van der Waals surface area contributed by atoms with Crippen molar-refractivity contribution < 1.29 is 8.98 Å². The van der Waals surface area contributed by atoms with Gasteiger partial charge in [0.05, 0.1) is 5.56 Å². The van der Waals surface area contributed by atoms with Crippen molar-refractivity contribution in [3.05, 3.63) is 65.4 Å². The Balaban J connectivity index is 1.75. The fourth-order valence-electron chi connectivity index (χ4n) is 4.97. The van der Waals surface area contributed by atoms with Gasteiger partial charge in [-0.1, -0.05) is 25.3 Å². The SMILES string of the molecule is Cc1cc2c(oc3ccc(C4CCCCC4)cc32)c(C#N)c1-c1cccc[n+]1C. The summed E-state index contributed by atoms with van der Waals surface area (Å²) in [6.45, 7) is 2.09. The van der Waals surface area contributed by atoms with Gasteiger partial charge in [-0.25, -0.2) is 4.57 Å². The molecule has 3 nitrogen and oxygen atoms in total. The molecule has 1 aliphatic rings. The summed E-state index contributed by atoms with van der Waals surface area (Å²) in [5, 5.41) is 12.2. The molecule has 0 amide bonds. The van der Waals surface area contributed by atoms with E-state index in [1.165, 1.54) is 37.7 Å². The number of hydrogen-bond donors (Lipinski definition) is 0. The molecule has 0 aliphatic heterocycles. The lowest BCUT2D eigenvalue weighted by Crippen LogP contribution is -2.30. The third kappa shape index (κ3) is 2.91. The van der Waals surface area contributed by atoms with Gasteiger partial charge in [0.15, 0.2) is 11.8 Å². The monoisotopic (exact) mass is 381 g/mol. The van der Waals surface area contributed by atoms with Crippen LogP contribution in [0, 0.1) is 18.3 Å². The van der Waals surface area contributed by atoms with E-state index in [1.807, 2.05) is 25.4 Å². The first kappa shape index (κ1) is 17.9. The van der Waals surface area contributed by atoms with E-state index < -0.39 is 0 Å². The first-order chi connectivity index (χ1) is 14.2. The van der Waals surface area contributed by atoms with Crippen LogP contribution >= 0.6 is 0 Å². The van der Waals surface area contributed by atoms with Gasteiger partial charge in [0.2, 0.25) is 5.69 Å². The molecule has 1 fully saturated rings. The fourth-order valence-corrected chi connectivity index (χ4v) is 4.97. The van der Waals surface area contributed by atoms with Gasteiger partial charge in [0.1, 0.15) is 24.3 Å². The van der Waals surface area contributed by atoms with Gasteiger partial charge in [-0.05, 0) is 61.1 Å². The zero-order valence-corrected chi connectivity index (χ0v) is 17.0. The van der Waals surface area contributed by atoms with Crippen molar-refractivity contribution in [1.29, 1.82) is 5.26 Å². The van der Waals surface area contributed by atoms with Crippen LogP contribution in [0.1, 0.15) is 54.7 Å². The standard InChI is InChI=1S/C26H25N2O/c1-17-14-21-20-15-19(18-8-4-3-5-9-18)11-12-24(20)29-26(21)22(16-27)25(17)23-10-6-7-13-28(23)2/h6-7,10-15,18H,3-5,8-9H2,1-2H3/q+1. The first-order valence-corrected chi connectivity index (χ1v) is 10.5. The van der Waals surface area contributed by atoms with E-state index in [1.54, 1.807) is 0 Å². The van der Waals surface area contributed by atoms with Gasteiger partial charge in [0.25, 0.3) is 0 Å². The minimum absolute atomic E-state index is 0.622. The molecule has 0 N–H and O–H groups in total. The van der Waals surface area contributed by atoms with Crippen molar-refractivity contribution in [1.82, 2.24) is 0 Å². The molecule has 0 radical (unpaired) electrons. The molecule has 2 aromatic carbocycles. The number of fused-ring (bicyclic) bond motifs is 3. The van der Waals surface area contributed by atoms with E-state index in [4.69, 9.17) is 4.42 Å². The lowest BCUT2D eigenvalue weighted by atomic mass is 9.83. The summed E-state index contributed by atoms with van der Waals surface area (Å²) in [6.07, 6.45) is 8.57. The average Bonchev–Trinajstić information content (AvgIpc) is 3.11. The Hall–Kier alpha value is -3.12. The lowest BCUT2D eigenvalue weighted by molar-refractivity contribution is -0.660. The summed E-state index contributed by atoms with van der Waals surface area (Å²) in [5.74, 6) is 0.650. The van der Waals surface area contributed by atoms with Gasteiger partial charge >= 0.3 is 0 Å². The number of aromatic nitrogens is 1. The summed E-state index contributed by atoms with van der Waals surface area (Å²) in [5.41, 5.74) is 6.67. The third-order valence-corrected chi connectivity index (χ3v) is 6.48. The van der Waals surface area contributed by atoms with E-state index in [9.17, 15) is 5.26 Å². The molecule has 1 aliphatic carbocycles. The number of hydrogen-bond acceptors (Lipinski definition) is 2. The summed E-state index contributed by atoms with van der Waals surface area (Å²) >= 11 is 0. The summed E-state index contributed by atoms with van der Waals surface area (Å²) in [6, 6.07) is 17.3. The molecule has 29 heavy (non-hydrogen) atoms. The number of rotatable bonds is 2. The van der Waals surface area contributed by atoms with Crippen LogP contribution in [0.5, 0.6) is 0 Å². The Kier molecular flexibility index (Phi) is 4.36. The van der Waals surface area contributed by atoms with Crippen molar-refractivity contribution >= 4 is 21.9 Å². The van der Waals surface area contributed by atoms with Crippen molar-refractivity contribution in [2.45, 2.75) is 44.9 Å². The predicted molar refractivity (Wildman–Crippen MR) is 116 cm³/mol. The molecule has 144 valence electrons. The van der Waals surface area contributed by atoms with Crippen LogP contribution < -0.4 is 4.57 Å². The lowest BCUT2D eigenvalue weighted by Gasteiger charge is -2.21. The fraction of sp³-hybridized carbons (Fsp3) is 0.308. The number of aryl methyl sites for hydroxylation is 2. The maximum absolute atomic E-state index is 10.1. The molecule has 0 bridgehead atoms. The number of furan rings is 1. The molecule has 0 unspecified atom stereocenters. The molecule has 5 rings (SSSR count). The van der Waals surface area contributed by atoms with Crippen LogP contribution in [0.4, 0.5) is 0 Å². The Morgan fingerprint density at radius 2 is 1.86 bits per heavy atom. The highest BCUT2D eigenvalue weighted by molar-refractivity contribution is 6.09. The van der Waals surface area contributed by atoms with Gasteiger partial charge in [-0.15, -0.1) is 0 Å².